The number of para-hydroxylation sites is 1. The second-order valence-corrected chi connectivity index (χ2v) is 4.86. The Hall–Kier alpha value is -2.40. The van der Waals surface area contributed by atoms with Gasteiger partial charge in [-0.2, -0.15) is 5.10 Å². The number of hydrogen-bond acceptors (Lipinski definition) is 2. The summed E-state index contributed by atoms with van der Waals surface area (Å²) in [5, 5.41) is 4.44. The highest BCUT2D eigenvalue weighted by molar-refractivity contribution is 6.33. The summed E-state index contributed by atoms with van der Waals surface area (Å²) in [4.78, 5) is 0. The molecule has 3 nitrogen and oxygen atoms in total. The smallest absolute Gasteiger partial charge is 0.148 e. The van der Waals surface area contributed by atoms with Crippen LogP contribution in [0.4, 0.5) is 14.5 Å². The van der Waals surface area contributed by atoms with Crippen LogP contribution in [0.15, 0.2) is 48.7 Å². The second kappa shape index (κ2) is 5.18. The number of halogens is 3. The maximum Gasteiger partial charge on any atom is 0.148 e. The number of nitrogens with two attached hydrogens (primary N) is 1. The topological polar surface area (TPSA) is 43.8 Å². The van der Waals surface area contributed by atoms with Crippen molar-refractivity contribution in [2.45, 2.75) is 0 Å². The predicted octanol–water partition coefficient (Wildman–Crippen LogP) is 4.05. The fourth-order valence-corrected chi connectivity index (χ4v) is 2.30. The van der Waals surface area contributed by atoms with Crippen LogP contribution in [-0.4, -0.2) is 9.78 Å². The lowest BCUT2D eigenvalue weighted by atomic mass is 10.1. The summed E-state index contributed by atoms with van der Waals surface area (Å²) in [5.74, 6) is -0.868. The molecule has 6 heteroatoms. The highest BCUT2D eigenvalue weighted by Crippen LogP contribution is 2.32. The van der Waals surface area contributed by atoms with E-state index < -0.39 is 11.6 Å². The third kappa shape index (κ3) is 2.48. The highest BCUT2D eigenvalue weighted by Gasteiger charge is 2.14. The molecule has 3 aromatic rings. The van der Waals surface area contributed by atoms with Gasteiger partial charge in [0, 0.05) is 5.56 Å². The maximum absolute atomic E-state index is 13.8. The molecule has 0 radical (unpaired) electrons. The van der Waals surface area contributed by atoms with Crippen LogP contribution in [-0.2, 0) is 0 Å². The molecule has 0 aliphatic heterocycles. The molecule has 0 aliphatic carbocycles. The van der Waals surface area contributed by atoms with E-state index in [0.29, 0.717) is 16.9 Å². The number of benzene rings is 2. The molecule has 0 spiro atoms. The molecule has 1 heterocycles. The zero-order valence-corrected chi connectivity index (χ0v) is 11.5. The molecule has 0 amide bonds. The van der Waals surface area contributed by atoms with Gasteiger partial charge in [0.1, 0.15) is 23.0 Å². The number of rotatable bonds is 2. The average molecular weight is 306 g/mol. The van der Waals surface area contributed by atoms with Crippen LogP contribution >= 0.6 is 11.6 Å². The van der Waals surface area contributed by atoms with Crippen LogP contribution < -0.4 is 5.73 Å². The van der Waals surface area contributed by atoms with Gasteiger partial charge in [0.2, 0.25) is 0 Å². The molecule has 0 fully saturated rings. The molecule has 0 aliphatic rings. The molecule has 0 saturated heterocycles. The van der Waals surface area contributed by atoms with Gasteiger partial charge in [0.15, 0.2) is 0 Å². The van der Waals surface area contributed by atoms with Crippen LogP contribution in [0.1, 0.15) is 0 Å². The number of nitrogen functional groups attached to an aromatic ring is 1. The lowest BCUT2D eigenvalue weighted by Gasteiger charge is -2.03. The zero-order valence-electron chi connectivity index (χ0n) is 10.7. The Labute approximate surface area is 124 Å². The minimum absolute atomic E-state index is 0.195. The maximum atomic E-state index is 13.8. The van der Waals surface area contributed by atoms with Crippen molar-refractivity contribution in [2.75, 3.05) is 5.73 Å². The Bertz CT molecular complexity index is 814. The molecule has 0 saturated carbocycles. The Balaban J connectivity index is 2.12. The van der Waals surface area contributed by atoms with Crippen LogP contribution in [0.5, 0.6) is 0 Å². The Morgan fingerprint density at radius 1 is 1.10 bits per heavy atom. The first-order chi connectivity index (χ1) is 10.1. The largest absolute Gasteiger partial charge is 0.396 e. The van der Waals surface area contributed by atoms with E-state index in [1.54, 1.807) is 18.2 Å². The van der Waals surface area contributed by atoms with Crippen LogP contribution in [0.2, 0.25) is 5.02 Å². The molecule has 1 aromatic heterocycles. The van der Waals surface area contributed by atoms with Crippen molar-refractivity contribution < 1.29 is 8.78 Å². The second-order valence-electron chi connectivity index (χ2n) is 4.45. The monoisotopic (exact) mass is 305 g/mol. The zero-order chi connectivity index (χ0) is 15.0. The van der Waals surface area contributed by atoms with E-state index >= 15 is 0 Å². The number of anilines is 1. The first-order valence-corrected chi connectivity index (χ1v) is 6.49. The van der Waals surface area contributed by atoms with E-state index in [0.717, 1.165) is 0 Å². The van der Waals surface area contributed by atoms with Crippen molar-refractivity contribution in [3.8, 4) is 16.9 Å². The molecular weight excluding hydrogens is 296 g/mol. The minimum atomic E-state index is -0.448. The Morgan fingerprint density at radius 2 is 1.86 bits per heavy atom. The average Bonchev–Trinajstić information content (AvgIpc) is 2.81. The van der Waals surface area contributed by atoms with E-state index in [1.165, 1.54) is 35.1 Å². The highest BCUT2D eigenvalue weighted by atomic mass is 35.5. The van der Waals surface area contributed by atoms with E-state index in [9.17, 15) is 8.78 Å². The van der Waals surface area contributed by atoms with Crippen molar-refractivity contribution in [2.24, 2.45) is 0 Å². The van der Waals surface area contributed by atoms with Gasteiger partial charge < -0.3 is 5.73 Å². The third-order valence-electron chi connectivity index (χ3n) is 3.03. The SMILES string of the molecule is Nc1cn(-c2ccccc2F)nc1-c1ccc(F)cc1Cl. The predicted molar refractivity (Wildman–Crippen MR) is 78.3 cm³/mol. The van der Waals surface area contributed by atoms with E-state index in [-0.39, 0.29) is 10.7 Å². The standard InChI is InChI=1S/C15H10ClF2N3/c16-11-7-9(17)5-6-10(11)15-13(19)8-21(20-15)14-4-2-1-3-12(14)18/h1-8H,19H2. The van der Waals surface area contributed by atoms with E-state index in [4.69, 9.17) is 17.3 Å². The van der Waals surface area contributed by atoms with Gasteiger partial charge in [-0.1, -0.05) is 23.7 Å². The summed E-state index contributed by atoms with van der Waals surface area (Å²) >= 11 is 6.00. The van der Waals surface area contributed by atoms with Crippen molar-refractivity contribution in [3.05, 3.63) is 65.3 Å². The third-order valence-corrected chi connectivity index (χ3v) is 3.34. The normalized spacial score (nSPS) is 10.8. The fraction of sp³-hybridized carbons (Fsp3) is 0. The van der Waals surface area contributed by atoms with Crippen molar-refractivity contribution in [1.29, 1.82) is 0 Å². The van der Waals surface area contributed by atoms with Gasteiger partial charge in [0.05, 0.1) is 16.9 Å². The molecular formula is C15H10ClF2N3. The summed E-state index contributed by atoms with van der Waals surface area (Å²) in [5.41, 5.74) is 7.38. The Morgan fingerprint density at radius 3 is 2.57 bits per heavy atom. The summed E-state index contributed by atoms with van der Waals surface area (Å²) in [6.07, 6.45) is 1.49. The quantitative estimate of drug-likeness (QED) is 0.776. The molecule has 2 aromatic carbocycles. The molecule has 0 unspecified atom stereocenters. The number of aromatic nitrogens is 2. The van der Waals surface area contributed by atoms with Crippen molar-refractivity contribution in [1.82, 2.24) is 9.78 Å². The number of hydrogen-bond donors (Lipinski definition) is 1. The molecule has 3 rings (SSSR count). The van der Waals surface area contributed by atoms with Gasteiger partial charge in [0.25, 0.3) is 0 Å². The lowest BCUT2D eigenvalue weighted by Crippen LogP contribution is -1.98. The van der Waals surface area contributed by atoms with Crippen LogP contribution in [0.25, 0.3) is 16.9 Å². The summed E-state index contributed by atoms with van der Waals surface area (Å²) in [7, 11) is 0. The summed E-state index contributed by atoms with van der Waals surface area (Å²) in [6, 6.07) is 10.1. The van der Waals surface area contributed by atoms with Gasteiger partial charge in [-0.3, -0.25) is 0 Å². The molecule has 2 N–H and O–H groups in total. The van der Waals surface area contributed by atoms with E-state index in [1.807, 2.05) is 0 Å². The molecule has 106 valence electrons. The molecule has 21 heavy (non-hydrogen) atoms. The number of nitrogens with zero attached hydrogens (tertiary/aromatic N) is 2. The first-order valence-electron chi connectivity index (χ1n) is 6.12. The Kier molecular flexibility index (Phi) is 3.35. The van der Waals surface area contributed by atoms with Crippen molar-refractivity contribution in [3.63, 3.8) is 0 Å². The lowest BCUT2D eigenvalue weighted by molar-refractivity contribution is 0.611. The van der Waals surface area contributed by atoms with E-state index in [2.05, 4.69) is 5.10 Å². The van der Waals surface area contributed by atoms with Gasteiger partial charge in [-0.15, -0.1) is 0 Å². The molecule has 0 bridgehead atoms. The van der Waals surface area contributed by atoms with Gasteiger partial charge in [-0.05, 0) is 30.3 Å². The van der Waals surface area contributed by atoms with Gasteiger partial charge >= 0.3 is 0 Å². The molecule has 0 atom stereocenters. The first kappa shape index (κ1) is 13.6. The van der Waals surface area contributed by atoms with Gasteiger partial charge in [-0.25, -0.2) is 13.5 Å². The summed E-state index contributed by atoms with van der Waals surface area (Å²) < 4.78 is 28.2. The van der Waals surface area contributed by atoms with Crippen LogP contribution in [0.3, 0.4) is 0 Å². The van der Waals surface area contributed by atoms with Crippen LogP contribution in [0, 0.1) is 11.6 Å². The summed E-state index contributed by atoms with van der Waals surface area (Å²) in [6.45, 7) is 0. The van der Waals surface area contributed by atoms with Crippen molar-refractivity contribution >= 4 is 17.3 Å². The fourth-order valence-electron chi connectivity index (χ4n) is 2.04. The minimum Gasteiger partial charge on any atom is -0.396 e.